The predicted molar refractivity (Wildman–Crippen MR) is 70.1 cm³/mol. The molecule has 18 heavy (non-hydrogen) atoms. The number of nitrogens with one attached hydrogen (secondary N) is 2. The molecule has 1 saturated heterocycles. The van der Waals surface area contributed by atoms with Crippen LogP contribution in [0.3, 0.4) is 0 Å². The van der Waals surface area contributed by atoms with Crippen LogP contribution in [0.5, 0.6) is 0 Å². The van der Waals surface area contributed by atoms with Crippen molar-refractivity contribution >= 4 is 33.2 Å². The van der Waals surface area contributed by atoms with Crippen LogP contribution >= 0.6 is 11.6 Å². The van der Waals surface area contributed by atoms with E-state index in [0.717, 1.165) is 0 Å². The first-order valence-corrected chi connectivity index (χ1v) is 7.63. The fourth-order valence-electron chi connectivity index (χ4n) is 1.83. The van der Waals surface area contributed by atoms with Crippen molar-refractivity contribution in [1.29, 1.82) is 0 Å². The molecule has 9 heteroatoms. The number of hydrogen-bond donors (Lipinski definition) is 3. The largest absolute Gasteiger partial charge is 0.368 e. The number of hydrogen-bond acceptors (Lipinski definition) is 7. The summed E-state index contributed by atoms with van der Waals surface area (Å²) < 4.78 is 22.6. The number of anilines is 2. The molecule has 1 aromatic rings. The molecule has 0 aromatic carbocycles. The predicted octanol–water partition coefficient (Wildman–Crippen LogP) is 0.262. The van der Waals surface area contributed by atoms with Gasteiger partial charge in [-0.05, 0) is 12.3 Å². The molecule has 0 saturated carbocycles. The van der Waals surface area contributed by atoms with Gasteiger partial charge in [-0.25, -0.2) is 19.2 Å². The van der Waals surface area contributed by atoms with Gasteiger partial charge in [-0.1, -0.05) is 11.6 Å². The maximum atomic E-state index is 11.3. The van der Waals surface area contributed by atoms with Crippen molar-refractivity contribution in [3.8, 4) is 0 Å². The lowest BCUT2D eigenvalue weighted by atomic mass is 10.1. The van der Waals surface area contributed by atoms with Crippen LogP contribution in [-0.2, 0) is 9.84 Å². The lowest BCUT2D eigenvalue weighted by Crippen LogP contribution is -2.17. The normalized spacial score (nSPS) is 21.8. The fourth-order valence-corrected chi connectivity index (χ4v) is 3.85. The minimum atomic E-state index is -2.86. The first-order valence-electron chi connectivity index (χ1n) is 5.43. The van der Waals surface area contributed by atoms with Crippen LogP contribution in [0.25, 0.3) is 0 Å². The molecule has 0 bridgehead atoms. The molecular formula is C9H14ClN5O2S. The summed E-state index contributed by atoms with van der Waals surface area (Å²) in [5.74, 6) is 6.46. The van der Waals surface area contributed by atoms with E-state index >= 15 is 0 Å². The van der Waals surface area contributed by atoms with E-state index < -0.39 is 9.84 Å². The molecule has 0 amide bonds. The van der Waals surface area contributed by atoms with Crippen LogP contribution in [0, 0.1) is 5.92 Å². The van der Waals surface area contributed by atoms with Crippen molar-refractivity contribution in [3.05, 3.63) is 11.2 Å². The second-order valence-corrected chi connectivity index (χ2v) is 6.82. The first kappa shape index (κ1) is 13.3. The van der Waals surface area contributed by atoms with Crippen LogP contribution in [-0.4, -0.2) is 36.4 Å². The van der Waals surface area contributed by atoms with E-state index in [-0.39, 0.29) is 23.4 Å². The molecule has 100 valence electrons. The number of nitrogen functional groups attached to an aromatic ring is 1. The number of sulfone groups is 1. The molecule has 1 aromatic heterocycles. The molecule has 0 aliphatic carbocycles. The van der Waals surface area contributed by atoms with Gasteiger partial charge in [0.1, 0.15) is 5.02 Å². The van der Waals surface area contributed by atoms with Crippen molar-refractivity contribution in [2.45, 2.75) is 6.42 Å². The van der Waals surface area contributed by atoms with E-state index in [1.54, 1.807) is 0 Å². The molecule has 1 aliphatic rings. The summed E-state index contributed by atoms with van der Waals surface area (Å²) in [7, 11) is -2.86. The van der Waals surface area contributed by atoms with Crippen molar-refractivity contribution in [1.82, 2.24) is 9.97 Å². The van der Waals surface area contributed by atoms with Gasteiger partial charge in [0, 0.05) is 6.54 Å². The van der Waals surface area contributed by atoms with Crippen molar-refractivity contribution in [3.63, 3.8) is 0 Å². The minimum absolute atomic E-state index is 0.0929. The summed E-state index contributed by atoms with van der Waals surface area (Å²) in [4.78, 5) is 7.89. The van der Waals surface area contributed by atoms with E-state index in [4.69, 9.17) is 17.4 Å². The zero-order chi connectivity index (χ0) is 13.2. The second kappa shape index (κ2) is 5.25. The maximum Gasteiger partial charge on any atom is 0.239 e. The number of aromatic nitrogens is 2. The molecule has 1 atom stereocenters. The summed E-state index contributed by atoms with van der Waals surface area (Å²) in [6.07, 6.45) is 2.09. The van der Waals surface area contributed by atoms with Gasteiger partial charge in [0.15, 0.2) is 15.7 Å². The lowest BCUT2D eigenvalue weighted by Gasteiger charge is -2.11. The molecule has 2 heterocycles. The standard InChI is InChI=1S/C9H14ClN5O2S/c10-7-4-13-9(15-11)14-8(7)12-3-6-1-2-18(16,17)5-6/h4,6H,1-3,5,11H2,(H2,12,13,14,15). The highest BCUT2D eigenvalue weighted by Gasteiger charge is 2.27. The van der Waals surface area contributed by atoms with Gasteiger partial charge in [-0.2, -0.15) is 4.98 Å². The molecule has 2 rings (SSSR count). The zero-order valence-corrected chi connectivity index (χ0v) is 11.1. The highest BCUT2D eigenvalue weighted by Crippen LogP contribution is 2.22. The van der Waals surface area contributed by atoms with Crippen LogP contribution < -0.4 is 16.6 Å². The van der Waals surface area contributed by atoms with Gasteiger partial charge in [0.05, 0.1) is 17.7 Å². The highest BCUT2D eigenvalue weighted by atomic mass is 35.5. The molecule has 1 fully saturated rings. The summed E-state index contributed by atoms with van der Waals surface area (Å²) in [6.45, 7) is 0.514. The van der Waals surface area contributed by atoms with E-state index in [1.807, 2.05) is 0 Å². The summed E-state index contributed by atoms with van der Waals surface area (Å²) in [5, 5.41) is 3.39. The number of hydrazine groups is 1. The monoisotopic (exact) mass is 291 g/mol. The van der Waals surface area contributed by atoms with E-state index in [0.29, 0.717) is 23.8 Å². The second-order valence-electron chi connectivity index (χ2n) is 4.18. The Hall–Kier alpha value is -1.12. The molecule has 4 N–H and O–H groups in total. The SMILES string of the molecule is NNc1ncc(Cl)c(NCC2CCS(=O)(=O)C2)n1. The van der Waals surface area contributed by atoms with E-state index in [9.17, 15) is 8.42 Å². The van der Waals surface area contributed by atoms with Gasteiger partial charge >= 0.3 is 0 Å². The third-order valence-corrected chi connectivity index (χ3v) is 4.87. The van der Waals surface area contributed by atoms with Crippen LogP contribution in [0.4, 0.5) is 11.8 Å². The van der Waals surface area contributed by atoms with Crippen LogP contribution in [0.1, 0.15) is 6.42 Å². The molecule has 7 nitrogen and oxygen atoms in total. The smallest absolute Gasteiger partial charge is 0.239 e. The quantitative estimate of drug-likeness (QED) is 0.539. The van der Waals surface area contributed by atoms with Gasteiger partial charge in [0.25, 0.3) is 0 Å². The molecule has 0 radical (unpaired) electrons. The zero-order valence-electron chi connectivity index (χ0n) is 9.56. The average Bonchev–Trinajstić information content (AvgIpc) is 2.68. The molecule has 1 unspecified atom stereocenters. The molecule has 0 spiro atoms. The van der Waals surface area contributed by atoms with Crippen LogP contribution in [0.2, 0.25) is 5.02 Å². The van der Waals surface area contributed by atoms with Crippen molar-refractivity contribution in [2.75, 3.05) is 28.8 Å². The molecule has 1 aliphatic heterocycles. The number of halogens is 1. The highest BCUT2D eigenvalue weighted by molar-refractivity contribution is 7.91. The van der Waals surface area contributed by atoms with Crippen LogP contribution in [0.15, 0.2) is 6.20 Å². The van der Waals surface area contributed by atoms with Gasteiger partial charge in [-0.15, -0.1) is 0 Å². The Morgan fingerprint density at radius 1 is 1.56 bits per heavy atom. The van der Waals surface area contributed by atoms with E-state index in [1.165, 1.54) is 6.20 Å². The Kier molecular flexibility index (Phi) is 3.88. The Bertz CT molecular complexity index is 536. The number of nitrogens with zero attached hydrogens (tertiary/aromatic N) is 2. The average molecular weight is 292 g/mol. The maximum absolute atomic E-state index is 11.3. The van der Waals surface area contributed by atoms with E-state index in [2.05, 4.69) is 20.7 Å². The topological polar surface area (TPSA) is 110 Å². The Morgan fingerprint density at radius 3 is 2.94 bits per heavy atom. The summed E-state index contributed by atoms with van der Waals surface area (Å²) in [5.41, 5.74) is 2.32. The number of rotatable bonds is 4. The molecular weight excluding hydrogens is 278 g/mol. The van der Waals surface area contributed by atoms with Crippen molar-refractivity contribution < 1.29 is 8.42 Å². The third kappa shape index (κ3) is 3.21. The summed E-state index contributed by atoms with van der Waals surface area (Å²) >= 11 is 5.92. The summed E-state index contributed by atoms with van der Waals surface area (Å²) in [6, 6.07) is 0. The Balaban J connectivity index is 1.98. The third-order valence-electron chi connectivity index (χ3n) is 2.76. The fraction of sp³-hybridized carbons (Fsp3) is 0.556. The first-order chi connectivity index (χ1) is 8.50. The number of nitrogens with two attached hydrogens (primary N) is 1. The minimum Gasteiger partial charge on any atom is -0.368 e. The Labute approximate surface area is 110 Å². The Morgan fingerprint density at radius 2 is 2.33 bits per heavy atom. The van der Waals surface area contributed by atoms with Gasteiger partial charge < -0.3 is 5.32 Å². The van der Waals surface area contributed by atoms with Gasteiger partial charge in [0.2, 0.25) is 5.95 Å². The van der Waals surface area contributed by atoms with Crippen molar-refractivity contribution in [2.24, 2.45) is 11.8 Å². The lowest BCUT2D eigenvalue weighted by molar-refractivity contribution is 0.595. The van der Waals surface area contributed by atoms with Gasteiger partial charge in [-0.3, -0.25) is 5.43 Å².